The largest absolute Gasteiger partial charge is 0.673 e. The summed E-state index contributed by atoms with van der Waals surface area (Å²) in [4.78, 5) is 5.32. The maximum absolute atomic E-state index is 9.75. The lowest BCUT2D eigenvalue weighted by Crippen LogP contribution is -2.02. The van der Waals surface area contributed by atoms with Gasteiger partial charge in [0.15, 0.2) is 4.98 Å². The Bertz CT molecular complexity index is 990. The summed E-state index contributed by atoms with van der Waals surface area (Å²) in [6, 6.07) is 11.8. The van der Waals surface area contributed by atoms with Crippen LogP contribution in [0, 0.1) is 12.3 Å². The van der Waals surface area contributed by atoms with Gasteiger partial charge in [-0.25, -0.2) is 0 Å². The summed E-state index contributed by atoms with van der Waals surface area (Å²) in [6.07, 6.45) is 0. The maximum Gasteiger partial charge on any atom is 0.673 e. The Morgan fingerprint density at radius 1 is 0.619 bits per heavy atom. The minimum Gasteiger partial charge on any atom is -0.492 e. The van der Waals surface area contributed by atoms with Crippen LogP contribution in [0.15, 0.2) is 46.2 Å². The van der Waals surface area contributed by atoms with Crippen LogP contribution in [-0.2, 0) is 0 Å². The number of ether oxygens (including phenoxy) is 2. The van der Waals surface area contributed by atoms with Gasteiger partial charge in [0.1, 0.15) is 5.75 Å². The first-order chi connectivity index (χ1) is 18.7. The lowest BCUT2D eigenvalue weighted by atomic mass is 10.2. The molecule has 0 aliphatic carbocycles. The van der Waals surface area contributed by atoms with Crippen molar-refractivity contribution in [3.8, 4) is 11.5 Å². The Morgan fingerprint density at radius 2 is 0.952 bits per heavy atom. The van der Waals surface area contributed by atoms with E-state index in [-0.39, 0.29) is 0 Å². The van der Waals surface area contributed by atoms with Gasteiger partial charge in [0, 0.05) is 11.0 Å². The van der Waals surface area contributed by atoms with Crippen LogP contribution in [0.5, 0.6) is 11.5 Å². The number of hydrogen-bond donors (Lipinski definition) is 0. The molecule has 0 amide bonds. The van der Waals surface area contributed by atoms with E-state index in [4.69, 9.17) is 14.9 Å². The summed E-state index contributed by atoms with van der Waals surface area (Å²) < 4.78 is 167. The van der Waals surface area contributed by atoms with Crippen LogP contribution in [0.3, 0.4) is 0 Å². The quantitative estimate of drug-likeness (QED) is 0.175. The zero-order valence-corrected chi connectivity index (χ0v) is 22.2. The minimum absolute atomic E-state index is 0.374. The van der Waals surface area contributed by atoms with E-state index in [9.17, 15) is 69.1 Å². The van der Waals surface area contributed by atoms with E-state index in [0.717, 1.165) is 9.79 Å². The van der Waals surface area contributed by atoms with Gasteiger partial charge < -0.3 is 78.5 Å². The summed E-state index contributed by atoms with van der Waals surface area (Å²) in [5.74, 6) is 1.23. The van der Waals surface area contributed by atoms with Crippen LogP contribution < -0.4 is 9.47 Å². The summed E-state index contributed by atoms with van der Waals surface area (Å²) in [7, 11) is -24.0. The number of aryl methyl sites for hydroxylation is 1. The molecule has 0 fully saturated rings. The molecule has 2 aromatic rings. The van der Waals surface area contributed by atoms with Crippen LogP contribution in [0.25, 0.3) is 4.98 Å². The van der Waals surface area contributed by atoms with E-state index in [2.05, 4.69) is 36.2 Å². The van der Waals surface area contributed by atoms with E-state index < -0.39 is 29.0 Å². The van der Waals surface area contributed by atoms with Gasteiger partial charge in [-0.15, -0.1) is 0 Å². The maximum atomic E-state index is 9.75. The number of rotatable bonds is 6. The molecule has 0 N–H and O–H groups in total. The van der Waals surface area contributed by atoms with Gasteiger partial charge in [-0.3, -0.25) is 0 Å². The summed E-state index contributed by atoms with van der Waals surface area (Å²) in [5, 5.41) is 9.13. The molecule has 2 rings (SSSR count). The monoisotopic (exact) mass is 663 g/mol. The van der Waals surface area contributed by atoms with Gasteiger partial charge >= 0.3 is 34.7 Å². The summed E-state index contributed by atoms with van der Waals surface area (Å²) >= 11 is 1.59. The van der Waals surface area contributed by atoms with Crippen molar-refractivity contribution in [1.29, 1.82) is 5.39 Å². The van der Waals surface area contributed by atoms with Crippen molar-refractivity contribution in [3.63, 3.8) is 0 Å². The fourth-order valence-corrected chi connectivity index (χ4v) is 2.87. The van der Waals surface area contributed by atoms with Crippen LogP contribution in [-0.4, -0.2) is 42.2 Å². The van der Waals surface area contributed by atoms with Crippen LogP contribution >= 0.6 is 11.8 Å². The van der Waals surface area contributed by atoms with E-state index in [1.54, 1.807) is 17.8 Å². The molecule has 2 aromatic carbocycles. The fourth-order valence-electron chi connectivity index (χ4n) is 1.96. The highest BCUT2D eigenvalue weighted by Crippen LogP contribution is 2.42. The summed E-state index contributed by atoms with van der Waals surface area (Å²) in [6.45, 7) is 6.92. The molecule has 0 saturated heterocycles. The molecule has 42 heavy (non-hydrogen) atoms. The van der Waals surface area contributed by atoms with Crippen molar-refractivity contribution in [2.45, 2.75) is 30.6 Å². The van der Waals surface area contributed by atoms with Gasteiger partial charge in [-0.1, -0.05) is 29.5 Å². The molecule has 0 atom stereocenters. The lowest BCUT2D eigenvalue weighted by Gasteiger charge is -2.11. The van der Waals surface area contributed by atoms with Gasteiger partial charge in [-0.05, 0) is 32.9 Å². The molecule has 25 heteroatoms. The molecule has 0 heterocycles. The van der Waals surface area contributed by atoms with Crippen molar-refractivity contribution >= 4 is 46.5 Å². The molecule has 0 radical (unpaired) electrons. The highest BCUT2D eigenvalue weighted by molar-refractivity contribution is 7.99. The van der Waals surface area contributed by atoms with Crippen molar-refractivity contribution in [2.24, 2.45) is 0 Å². The first-order valence-corrected chi connectivity index (χ1v) is 11.5. The predicted octanol–water partition coefficient (Wildman–Crippen LogP) is 10.6. The number of hydrogen-bond acceptors (Lipinski definition) is 4. The Morgan fingerprint density at radius 3 is 1.26 bits per heavy atom. The molecule has 0 aliphatic rings. The molecular formula is C17H19B4F16N2O2S-3. The molecule has 242 valence electrons. The van der Waals surface area contributed by atoms with E-state index >= 15 is 0 Å². The minimum atomic E-state index is -6.00. The second-order valence-corrected chi connectivity index (χ2v) is 7.74. The van der Waals surface area contributed by atoms with E-state index in [1.165, 1.54) is 5.56 Å². The standard InChI is InChI=1S/C17H19N2O2S.4BF4/c1-4-20-15-11-17(16(21-5-2)10-14(15)19-18)22-13-8-6-12(3)7-9-13;4*2-1(3,4)5/h6-11H,4-5H2,1-3H3;;;;/q+1;4*-1. The number of halogens is 16. The Balaban J connectivity index is -0.000000617. The molecule has 0 unspecified atom stereocenters. The van der Waals surface area contributed by atoms with Crippen molar-refractivity contribution in [3.05, 3.63) is 46.9 Å². The Labute approximate surface area is 233 Å². The third-order valence-corrected chi connectivity index (χ3v) is 4.03. The van der Waals surface area contributed by atoms with E-state index in [1.807, 2.05) is 19.9 Å². The van der Waals surface area contributed by atoms with Crippen molar-refractivity contribution < 1.29 is 78.5 Å². The zero-order valence-electron chi connectivity index (χ0n) is 21.4. The smallest absolute Gasteiger partial charge is 0.492 e. The van der Waals surface area contributed by atoms with Crippen LogP contribution in [0.4, 0.5) is 74.7 Å². The Kier molecular flexibility index (Phi) is 20.6. The fraction of sp³-hybridized carbons (Fsp3) is 0.294. The van der Waals surface area contributed by atoms with Crippen molar-refractivity contribution in [1.82, 2.24) is 0 Å². The molecule has 0 aromatic heterocycles. The number of nitrogens with zero attached hydrogens (tertiary/aromatic N) is 2. The molecule has 4 nitrogen and oxygen atoms in total. The van der Waals surface area contributed by atoms with Crippen LogP contribution in [0.1, 0.15) is 19.4 Å². The zero-order chi connectivity index (χ0) is 33.9. The molecule has 0 bridgehead atoms. The normalized spacial score (nSPS) is 11.0. The van der Waals surface area contributed by atoms with E-state index in [0.29, 0.717) is 30.4 Å². The highest BCUT2D eigenvalue weighted by Gasteiger charge is 2.23. The third kappa shape index (κ3) is 39.1. The topological polar surface area (TPSA) is 46.6 Å². The molecule has 0 spiro atoms. The number of benzene rings is 2. The number of diazo groups is 1. The highest BCUT2D eigenvalue weighted by atomic mass is 32.2. The predicted molar refractivity (Wildman–Crippen MR) is 130 cm³/mol. The second-order valence-electron chi connectivity index (χ2n) is 6.63. The first kappa shape index (κ1) is 43.4. The molecular weight excluding hydrogens is 643 g/mol. The average Bonchev–Trinajstić information content (AvgIpc) is 2.72. The van der Waals surface area contributed by atoms with Gasteiger partial charge in [0.05, 0.1) is 24.2 Å². The summed E-state index contributed by atoms with van der Waals surface area (Å²) in [5.41, 5.74) is 1.59. The van der Waals surface area contributed by atoms with Crippen molar-refractivity contribution in [2.75, 3.05) is 13.2 Å². The lowest BCUT2D eigenvalue weighted by molar-refractivity contribution is 0.325. The third-order valence-electron chi connectivity index (χ3n) is 2.98. The second kappa shape index (κ2) is 20.0. The van der Waals surface area contributed by atoms with Gasteiger partial charge in [0.2, 0.25) is 11.1 Å². The average molecular weight is 663 g/mol. The Hall–Kier alpha value is -3.05. The van der Waals surface area contributed by atoms with Gasteiger partial charge in [-0.2, -0.15) is 0 Å². The molecule has 0 aliphatic heterocycles. The van der Waals surface area contributed by atoms with Crippen LogP contribution in [0.2, 0.25) is 0 Å². The first-order valence-electron chi connectivity index (χ1n) is 10.7. The van der Waals surface area contributed by atoms with Gasteiger partial charge in [0.25, 0.3) is 0 Å². The molecule has 0 saturated carbocycles. The SMILES string of the molecule is CCOc1cc(Sc2ccc(C)cc2)c(OCC)cc1[N+]#N.F[B-](F)(F)F.F[B-](F)(F)F.F[B-](F)(F)F.F[B-](F)(F)F.